The first-order valence-electron chi connectivity index (χ1n) is 9.22. The quantitative estimate of drug-likeness (QED) is 0.600. The molecule has 7 heteroatoms. The van der Waals surface area contributed by atoms with Gasteiger partial charge < -0.3 is 19.3 Å². The van der Waals surface area contributed by atoms with Gasteiger partial charge in [-0.25, -0.2) is 9.59 Å². The van der Waals surface area contributed by atoms with Gasteiger partial charge in [0.1, 0.15) is 11.2 Å². The van der Waals surface area contributed by atoms with Crippen molar-refractivity contribution in [3.05, 3.63) is 0 Å². The molecule has 0 bridgehead atoms. The number of carbonyl (C=O) groups excluding carboxylic acids is 2. The Bertz CT molecular complexity index is 486. The summed E-state index contributed by atoms with van der Waals surface area (Å²) < 4.78 is 10.9. The van der Waals surface area contributed by atoms with E-state index in [1.54, 1.807) is 9.80 Å². The first kappa shape index (κ1) is 24.0. The minimum atomic E-state index is -0.598. The van der Waals surface area contributed by atoms with E-state index in [-0.39, 0.29) is 6.09 Å². The van der Waals surface area contributed by atoms with Gasteiger partial charge >= 0.3 is 12.2 Å². The Balaban J connectivity index is 4.95. The second-order valence-corrected chi connectivity index (χ2v) is 8.20. The number of nitriles is 1. The third-order valence-electron chi connectivity index (χ3n) is 3.15. The van der Waals surface area contributed by atoms with E-state index in [1.807, 2.05) is 48.5 Å². The minimum Gasteiger partial charge on any atom is -0.444 e. The molecule has 0 aromatic carbocycles. The molecule has 0 aromatic heterocycles. The van der Waals surface area contributed by atoms with Crippen molar-refractivity contribution in [3.8, 4) is 6.07 Å². The maximum atomic E-state index is 12.4. The van der Waals surface area contributed by atoms with Gasteiger partial charge in [-0.1, -0.05) is 6.92 Å². The lowest BCUT2D eigenvalue weighted by atomic mass is 10.2. The van der Waals surface area contributed by atoms with Gasteiger partial charge in [-0.15, -0.1) is 0 Å². The first-order valence-corrected chi connectivity index (χ1v) is 9.22. The Labute approximate surface area is 158 Å². The highest BCUT2D eigenvalue weighted by molar-refractivity contribution is 5.69. The lowest BCUT2D eigenvalue weighted by molar-refractivity contribution is 0.0134. The molecule has 150 valence electrons. The summed E-state index contributed by atoms with van der Waals surface area (Å²) in [5, 5.41) is 8.72. The number of amides is 2. The maximum absolute atomic E-state index is 12.4. The Hall–Kier alpha value is -1.97. The molecule has 0 N–H and O–H groups in total. The molecular weight excluding hydrogens is 334 g/mol. The number of hydrogen-bond donors (Lipinski definition) is 0. The van der Waals surface area contributed by atoms with Crippen molar-refractivity contribution in [1.82, 2.24) is 9.80 Å². The highest BCUT2D eigenvalue weighted by Crippen LogP contribution is 2.13. The molecule has 0 fully saturated rings. The predicted molar refractivity (Wildman–Crippen MR) is 101 cm³/mol. The standard InChI is InChI=1S/C19H35N3O4/c1-8-12-21(16(23)25-18(2,3)4)14-15-22(13-10-9-11-20)17(24)26-19(5,6)7/h8-10,12-15H2,1-7H3. The molecule has 7 nitrogen and oxygen atoms in total. The van der Waals surface area contributed by atoms with Crippen LogP contribution in [0.4, 0.5) is 9.59 Å². The van der Waals surface area contributed by atoms with Gasteiger partial charge in [-0.2, -0.15) is 5.26 Å². The van der Waals surface area contributed by atoms with Crippen LogP contribution in [0.25, 0.3) is 0 Å². The van der Waals surface area contributed by atoms with Crippen LogP contribution in [-0.4, -0.2) is 59.4 Å². The summed E-state index contributed by atoms with van der Waals surface area (Å²) in [6.07, 6.45) is 0.900. The van der Waals surface area contributed by atoms with Crippen LogP contribution >= 0.6 is 0 Å². The highest BCUT2D eigenvalue weighted by Gasteiger charge is 2.25. The van der Waals surface area contributed by atoms with Crippen molar-refractivity contribution in [2.24, 2.45) is 0 Å². The van der Waals surface area contributed by atoms with Crippen LogP contribution < -0.4 is 0 Å². The van der Waals surface area contributed by atoms with Gasteiger partial charge in [0.25, 0.3) is 0 Å². The van der Waals surface area contributed by atoms with Gasteiger partial charge in [-0.05, 0) is 54.4 Å². The van der Waals surface area contributed by atoms with Crippen LogP contribution in [0.5, 0.6) is 0 Å². The fourth-order valence-corrected chi connectivity index (χ4v) is 2.10. The number of nitrogens with zero attached hydrogens (tertiary/aromatic N) is 3. The lowest BCUT2D eigenvalue weighted by Gasteiger charge is -2.31. The summed E-state index contributed by atoms with van der Waals surface area (Å²) in [6, 6.07) is 2.08. The molecule has 0 aliphatic carbocycles. The molecule has 26 heavy (non-hydrogen) atoms. The third kappa shape index (κ3) is 11.6. The molecule has 0 rings (SSSR count). The van der Waals surface area contributed by atoms with Gasteiger partial charge in [0, 0.05) is 32.6 Å². The number of carbonyl (C=O) groups is 2. The molecule has 0 aromatic rings. The summed E-state index contributed by atoms with van der Waals surface area (Å²) in [4.78, 5) is 27.9. The van der Waals surface area contributed by atoms with Gasteiger partial charge in [0.2, 0.25) is 0 Å². The SMILES string of the molecule is CCCN(CCN(CCCC#N)C(=O)OC(C)(C)C)C(=O)OC(C)(C)C. The van der Waals surface area contributed by atoms with Crippen LogP contribution in [0.15, 0.2) is 0 Å². The van der Waals surface area contributed by atoms with Crippen molar-refractivity contribution in [2.75, 3.05) is 26.2 Å². The van der Waals surface area contributed by atoms with E-state index >= 15 is 0 Å². The van der Waals surface area contributed by atoms with E-state index in [9.17, 15) is 9.59 Å². The smallest absolute Gasteiger partial charge is 0.410 e. The fraction of sp³-hybridized carbons (Fsp3) is 0.842. The van der Waals surface area contributed by atoms with Crippen LogP contribution in [0.3, 0.4) is 0 Å². The predicted octanol–water partition coefficient (Wildman–Crippen LogP) is 4.17. The zero-order chi connectivity index (χ0) is 20.4. The van der Waals surface area contributed by atoms with Gasteiger partial charge in [0.05, 0.1) is 6.07 Å². The molecule has 0 spiro atoms. The van der Waals surface area contributed by atoms with Crippen molar-refractivity contribution in [1.29, 1.82) is 5.26 Å². The molecule has 0 saturated carbocycles. The van der Waals surface area contributed by atoms with Crippen molar-refractivity contribution < 1.29 is 19.1 Å². The Morgan fingerprint density at radius 2 is 1.27 bits per heavy atom. The molecule has 0 unspecified atom stereocenters. The Kier molecular flexibility index (Phi) is 10.1. The van der Waals surface area contributed by atoms with Crippen LogP contribution in [0.2, 0.25) is 0 Å². The second kappa shape index (κ2) is 10.9. The average molecular weight is 370 g/mol. The zero-order valence-electron chi connectivity index (χ0n) is 17.4. The molecule has 0 atom stereocenters. The largest absolute Gasteiger partial charge is 0.444 e. The van der Waals surface area contributed by atoms with Gasteiger partial charge in [0.15, 0.2) is 0 Å². The molecule has 0 radical (unpaired) electrons. The van der Waals surface area contributed by atoms with Crippen LogP contribution in [0, 0.1) is 11.3 Å². The third-order valence-corrected chi connectivity index (χ3v) is 3.15. The maximum Gasteiger partial charge on any atom is 0.410 e. The summed E-state index contributed by atoms with van der Waals surface area (Å²) in [5.41, 5.74) is -1.17. The summed E-state index contributed by atoms with van der Waals surface area (Å²) in [6.45, 7) is 14.5. The highest BCUT2D eigenvalue weighted by atomic mass is 16.6. The summed E-state index contributed by atoms with van der Waals surface area (Å²) >= 11 is 0. The van der Waals surface area contributed by atoms with Crippen LogP contribution in [0.1, 0.15) is 67.7 Å². The van der Waals surface area contributed by atoms with E-state index < -0.39 is 17.3 Å². The first-order chi connectivity index (χ1) is 11.9. The summed E-state index contributed by atoms with van der Waals surface area (Å²) in [7, 11) is 0. The van der Waals surface area contributed by atoms with Crippen molar-refractivity contribution in [2.45, 2.75) is 78.9 Å². The van der Waals surface area contributed by atoms with Crippen molar-refractivity contribution in [3.63, 3.8) is 0 Å². The second-order valence-electron chi connectivity index (χ2n) is 8.20. The van der Waals surface area contributed by atoms with Gasteiger partial charge in [-0.3, -0.25) is 0 Å². The average Bonchev–Trinajstić information content (AvgIpc) is 2.45. The number of ether oxygens (including phenoxy) is 2. The molecule has 2 amide bonds. The number of rotatable bonds is 8. The lowest BCUT2D eigenvalue weighted by Crippen LogP contribution is -2.45. The molecule has 0 saturated heterocycles. The van der Waals surface area contributed by atoms with E-state index in [0.29, 0.717) is 39.0 Å². The van der Waals surface area contributed by atoms with E-state index in [0.717, 1.165) is 6.42 Å². The van der Waals surface area contributed by atoms with Crippen LogP contribution in [-0.2, 0) is 9.47 Å². The number of hydrogen-bond acceptors (Lipinski definition) is 5. The van der Waals surface area contributed by atoms with E-state index in [4.69, 9.17) is 14.7 Å². The molecule has 0 aliphatic heterocycles. The Morgan fingerprint density at radius 3 is 1.62 bits per heavy atom. The normalized spacial score (nSPS) is 11.5. The Morgan fingerprint density at radius 1 is 0.846 bits per heavy atom. The monoisotopic (exact) mass is 369 g/mol. The number of unbranched alkanes of at least 4 members (excludes halogenated alkanes) is 1. The minimum absolute atomic E-state index is 0.333. The van der Waals surface area contributed by atoms with Crippen molar-refractivity contribution >= 4 is 12.2 Å². The molecule has 0 aliphatic rings. The summed E-state index contributed by atoms with van der Waals surface area (Å²) in [5.74, 6) is 0. The van der Waals surface area contributed by atoms with E-state index in [1.165, 1.54) is 0 Å². The topological polar surface area (TPSA) is 82.9 Å². The zero-order valence-corrected chi connectivity index (χ0v) is 17.4. The fourth-order valence-electron chi connectivity index (χ4n) is 2.10. The molecule has 0 heterocycles. The van der Waals surface area contributed by atoms with E-state index in [2.05, 4.69) is 6.07 Å². The molecular formula is C19H35N3O4.